The Balaban J connectivity index is 2.24. The van der Waals surface area contributed by atoms with Crippen LogP contribution in [0.5, 0.6) is 5.75 Å². The van der Waals surface area contributed by atoms with E-state index in [-0.39, 0.29) is 32.1 Å². The van der Waals surface area contributed by atoms with Gasteiger partial charge in [-0.2, -0.15) is 0 Å². The fourth-order valence-corrected chi connectivity index (χ4v) is 2.86. The first-order valence-electron chi connectivity index (χ1n) is 10.3. The first-order chi connectivity index (χ1) is 15.8. The van der Waals surface area contributed by atoms with Crippen molar-refractivity contribution in [1.29, 1.82) is 0 Å². The number of carbonyl (C=O) groups excluding carboxylic acids is 5. The van der Waals surface area contributed by atoms with E-state index >= 15 is 0 Å². The minimum Gasteiger partial charge on any atom is -0.482 e. The summed E-state index contributed by atoms with van der Waals surface area (Å²) in [5, 5.41) is 0. The molecule has 1 aliphatic heterocycles. The standard InChI is InChI=1S/C22H26N2O9/c1-4-30-18(25)12-23-17(21(28)24(22(23)29)13-19(26)31-5-2)11-15-7-9-16(10-8-15)33-14-20(27)32-6-3/h7-11H,4-6,12-14H2,1-3H3/b17-11+. The van der Waals surface area contributed by atoms with Gasteiger partial charge in [0.1, 0.15) is 24.5 Å². The van der Waals surface area contributed by atoms with E-state index in [9.17, 15) is 24.0 Å². The molecule has 0 aromatic heterocycles. The van der Waals surface area contributed by atoms with Crippen molar-refractivity contribution in [1.82, 2.24) is 9.80 Å². The molecular formula is C22H26N2O9. The van der Waals surface area contributed by atoms with E-state index < -0.39 is 42.9 Å². The van der Waals surface area contributed by atoms with Crippen molar-refractivity contribution in [3.05, 3.63) is 35.5 Å². The van der Waals surface area contributed by atoms with Crippen LogP contribution in [0, 0.1) is 0 Å². The number of amides is 3. The highest BCUT2D eigenvalue weighted by Crippen LogP contribution is 2.24. The van der Waals surface area contributed by atoms with Crippen LogP contribution >= 0.6 is 0 Å². The SMILES string of the molecule is CCOC(=O)COc1ccc(/C=C2\C(=O)N(CC(=O)OCC)C(=O)N2CC(=O)OCC)cc1. The third-order valence-electron chi connectivity index (χ3n) is 4.25. The maximum atomic E-state index is 12.9. The lowest BCUT2D eigenvalue weighted by Gasteiger charge is -2.16. The fourth-order valence-electron chi connectivity index (χ4n) is 2.86. The predicted molar refractivity (Wildman–Crippen MR) is 114 cm³/mol. The van der Waals surface area contributed by atoms with Crippen molar-refractivity contribution in [2.75, 3.05) is 39.5 Å². The molecule has 1 fully saturated rings. The Morgan fingerprint density at radius 3 is 1.85 bits per heavy atom. The molecule has 0 bridgehead atoms. The van der Waals surface area contributed by atoms with Crippen LogP contribution < -0.4 is 4.74 Å². The normalized spacial score (nSPS) is 14.5. The Hall–Kier alpha value is -3.89. The van der Waals surface area contributed by atoms with E-state index in [4.69, 9.17) is 18.9 Å². The number of esters is 3. The van der Waals surface area contributed by atoms with Crippen LogP contribution in [-0.2, 0) is 33.4 Å². The number of rotatable bonds is 11. The van der Waals surface area contributed by atoms with E-state index in [2.05, 4.69) is 0 Å². The molecule has 3 amide bonds. The van der Waals surface area contributed by atoms with Crippen molar-refractivity contribution in [2.45, 2.75) is 20.8 Å². The summed E-state index contributed by atoms with van der Waals surface area (Å²) < 4.78 is 19.8. The minimum absolute atomic E-state index is 0.0921. The number of imide groups is 1. The monoisotopic (exact) mass is 462 g/mol. The van der Waals surface area contributed by atoms with Crippen LogP contribution in [-0.4, -0.2) is 79.2 Å². The van der Waals surface area contributed by atoms with E-state index in [1.165, 1.54) is 6.08 Å². The first kappa shape index (κ1) is 25.4. The van der Waals surface area contributed by atoms with Crippen molar-refractivity contribution in [3.63, 3.8) is 0 Å². The highest BCUT2D eigenvalue weighted by molar-refractivity contribution is 6.15. The largest absolute Gasteiger partial charge is 0.482 e. The molecule has 2 rings (SSSR count). The lowest BCUT2D eigenvalue weighted by molar-refractivity contribution is -0.146. The van der Waals surface area contributed by atoms with E-state index in [1.54, 1.807) is 45.0 Å². The van der Waals surface area contributed by atoms with Gasteiger partial charge in [-0.1, -0.05) is 12.1 Å². The van der Waals surface area contributed by atoms with Crippen molar-refractivity contribution in [3.8, 4) is 5.75 Å². The molecule has 33 heavy (non-hydrogen) atoms. The van der Waals surface area contributed by atoms with E-state index in [0.717, 1.165) is 4.90 Å². The molecule has 0 spiro atoms. The molecular weight excluding hydrogens is 436 g/mol. The second-order valence-electron chi connectivity index (χ2n) is 6.56. The minimum atomic E-state index is -0.832. The Kier molecular flexibility index (Phi) is 9.40. The highest BCUT2D eigenvalue weighted by Gasteiger charge is 2.43. The average Bonchev–Trinajstić information content (AvgIpc) is 2.98. The molecule has 0 N–H and O–H groups in total. The predicted octanol–water partition coefficient (Wildman–Crippen LogP) is 1.36. The summed E-state index contributed by atoms with van der Waals surface area (Å²) >= 11 is 0. The summed E-state index contributed by atoms with van der Waals surface area (Å²) in [6.45, 7) is 4.02. The van der Waals surface area contributed by atoms with Crippen LogP contribution in [0.15, 0.2) is 30.0 Å². The molecule has 0 saturated carbocycles. The van der Waals surface area contributed by atoms with Gasteiger partial charge in [0.2, 0.25) is 0 Å². The maximum absolute atomic E-state index is 12.9. The van der Waals surface area contributed by atoms with Gasteiger partial charge >= 0.3 is 23.9 Å². The Labute approximate surface area is 190 Å². The third kappa shape index (κ3) is 7.06. The molecule has 0 radical (unpaired) electrons. The average molecular weight is 462 g/mol. The fraction of sp³-hybridized carbons (Fsp3) is 0.409. The van der Waals surface area contributed by atoms with Gasteiger partial charge in [-0.05, 0) is 44.5 Å². The Morgan fingerprint density at radius 1 is 0.788 bits per heavy atom. The highest BCUT2D eigenvalue weighted by atomic mass is 16.6. The molecule has 1 saturated heterocycles. The lowest BCUT2D eigenvalue weighted by Crippen LogP contribution is -2.39. The van der Waals surface area contributed by atoms with Crippen molar-refractivity contribution >= 4 is 35.9 Å². The summed E-state index contributed by atoms with van der Waals surface area (Å²) in [7, 11) is 0. The van der Waals surface area contributed by atoms with Crippen LogP contribution in [0.1, 0.15) is 26.3 Å². The Morgan fingerprint density at radius 2 is 1.30 bits per heavy atom. The number of hydrogen-bond donors (Lipinski definition) is 0. The lowest BCUT2D eigenvalue weighted by atomic mass is 10.1. The van der Waals surface area contributed by atoms with Gasteiger partial charge < -0.3 is 18.9 Å². The second-order valence-corrected chi connectivity index (χ2v) is 6.56. The number of benzene rings is 1. The molecule has 0 atom stereocenters. The van der Waals surface area contributed by atoms with Gasteiger partial charge in [0, 0.05) is 0 Å². The summed E-state index contributed by atoms with van der Waals surface area (Å²) in [6.07, 6.45) is 1.40. The zero-order valence-corrected chi connectivity index (χ0v) is 18.7. The summed E-state index contributed by atoms with van der Waals surface area (Å²) in [6, 6.07) is 5.50. The van der Waals surface area contributed by atoms with Gasteiger partial charge in [0.05, 0.1) is 19.8 Å². The van der Waals surface area contributed by atoms with Crippen LogP contribution in [0.25, 0.3) is 6.08 Å². The molecule has 11 nitrogen and oxygen atoms in total. The zero-order chi connectivity index (χ0) is 24.4. The van der Waals surface area contributed by atoms with Gasteiger partial charge in [-0.15, -0.1) is 0 Å². The van der Waals surface area contributed by atoms with Gasteiger partial charge in [-0.25, -0.2) is 14.5 Å². The number of hydrogen-bond acceptors (Lipinski definition) is 9. The number of urea groups is 1. The van der Waals surface area contributed by atoms with Gasteiger partial charge in [0.25, 0.3) is 5.91 Å². The van der Waals surface area contributed by atoms with Crippen molar-refractivity contribution in [2.24, 2.45) is 0 Å². The first-order valence-corrected chi connectivity index (χ1v) is 10.3. The second kappa shape index (κ2) is 12.2. The van der Waals surface area contributed by atoms with Crippen LogP contribution in [0.3, 0.4) is 0 Å². The molecule has 1 aromatic carbocycles. The number of nitrogens with zero attached hydrogens (tertiary/aromatic N) is 2. The topological polar surface area (TPSA) is 129 Å². The third-order valence-corrected chi connectivity index (χ3v) is 4.25. The molecule has 0 unspecified atom stereocenters. The van der Waals surface area contributed by atoms with Crippen molar-refractivity contribution < 1.29 is 42.9 Å². The molecule has 1 aliphatic rings. The molecule has 0 aliphatic carbocycles. The van der Waals surface area contributed by atoms with Gasteiger partial charge in [-0.3, -0.25) is 19.3 Å². The summed E-state index contributed by atoms with van der Waals surface area (Å²) in [4.78, 5) is 62.5. The molecule has 1 aromatic rings. The van der Waals surface area contributed by atoms with Crippen LogP contribution in [0.2, 0.25) is 0 Å². The number of ether oxygens (including phenoxy) is 4. The van der Waals surface area contributed by atoms with Crippen LogP contribution in [0.4, 0.5) is 4.79 Å². The summed E-state index contributed by atoms with van der Waals surface area (Å²) in [5.41, 5.74) is 0.416. The summed E-state index contributed by atoms with van der Waals surface area (Å²) in [5.74, 6) is -2.31. The Bertz CT molecular complexity index is 924. The zero-order valence-electron chi connectivity index (χ0n) is 18.7. The molecule has 178 valence electrons. The van der Waals surface area contributed by atoms with E-state index in [1.807, 2.05) is 0 Å². The van der Waals surface area contributed by atoms with Gasteiger partial charge in [0.15, 0.2) is 6.61 Å². The molecule has 1 heterocycles. The molecule has 11 heteroatoms. The quantitative estimate of drug-likeness (QED) is 0.207. The maximum Gasteiger partial charge on any atom is 0.344 e. The van der Waals surface area contributed by atoms with E-state index in [0.29, 0.717) is 16.2 Å². The smallest absolute Gasteiger partial charge is 0.344 e. The number of carbonyl (C=O) groups is 5.